The average molecular weight is 240 g/mol. The molecule has 0 unspecified atom stereocenters. The third kappa shape index (κ3) is 1.57. The predicted molar refractivity (Wildman–Crippen MR) is 70.3 cm³/mol. The van der Waals surface area contributed by atoms with E-state index in [-0.39, 0.29) is 9.68 Å². The molecule has 1 aliphatic rings. The highest BCUT2D eigenvalue weighted by molar-refractivity contribution is 6.54. The van der Waals surface area contributed by atoms with Gasteiger partial charge < -0.3 is 10.5 Å². The van der Waals surface area contributed by atoms with Crippen molar-refractivity contribution < 1.29 is 5.11 Å². The number of pyridine rings is 1. The first-order valence-electron chi connectivity index (χ1n) is 5.59. The van der Waals surface area contributed by atoms with Crippen molar-refractivity contribution in [2.75, 3.05) is 0 Å². The maximum absolute atomic E-state index is 10.0. The van der Waals surface area contributed by atoms with E-state index in [1.54, 1.807) is 0 Å². The molecule has 1 aromatic heterocycles. The lowest BCUT2D eigenvalue weighted by Crippen LogP contribution is -2.49. The van der Waals surface area contributed by atoms with Gasteiger partial charge in [-0.2, -0.15) is 0 Å². The van der Waals surface area contributed by atoms with Gasteiger partial charge in [-0.3, -0.25) is 0 Å². The second-order valence-electron chi connectivity index (χ2n) is 4.10. The maximum Gasteiger partial charge on any atom is 0.178 e. The Bertz CT molecular complexity index is 709. The SMILES string of the molecule is N[Si]c1c2c(nc3ccccc13)=CCCC=2O. The van der Waals surface area contributed by atoms with Crippen LogP contribution in [-0.2, 0) is 0 Å². The van der Waals surface area contributed by atoms with Gasteiger partial charge in [-0.15, -0.1) is 0 Å². The van der Waals surface area contributed by atoms with Gasteiger partial charge in [-0.25, -0.2) is 4.98 Å². The fraction of sp³-hybridized carbons (Fsp3) is 0.154. The first-order valence-corrected chi connectivity index (χ1v) is 6.66. The number of hydrogen-bond donors (Lipinski definition) is 2. The van der Waals surface area contributed by atoms with Gasteiger partial charge in [-0.05, 0) is 17.7 Å². The molecule has 1 heterocycles. The molecule has 3 nitrogen and oxygen atoms in total. The first-order chi connectivity index (χ1) is 8.31. The van der Waals surface area contributed by atoms with Crippen LogP contribution < -0.4 is 21.2 Å². The molecule has 0 spiro atoms. The summed E-state index contributed by atoms with van der Waals surface area (Å²) in [5, 5.41) is 19.7. The topological polar surface area (TPSA) is 59.1 Å². The summed E-state index contributed by atoms with van der Waals surface area (Å²) in [6, 6.07) is 7.94. The van der Waals surface area contributed by atoms with Crippen molar-refractivity contribution in [2.45, 2.75) is 12.8 Å². The molecule has 1 aromatic carbocycles. The molecule has 0 fully saturated rings. The van der Waals surface area contributed by atoms with E-state index in [1.165, 1.54) is 0 Å². The number of aliphatic hydroxyl groups excluding tert-OH is 1. The molecular weight excluding hydrogens is 228 g/mol. The maximum atomic E-state index is 10.0. The minimum Gasteiger partial charge on any atom is -0.512 e. The van der Waals surface area contributed by atoms with Crippen LogP contribution in [0.1, 0.15) is 12.8 Å². The van der Waals surface area contributed by atoms with Gasteiger partial charge in [0.15, 0.2) is 9.68 Å². The Morgan fingerprint density at radius 2 is 2.12 bits per heavy atom. The normalized spacial score (nSPS) is 14.5. The van der Waals surface area contributed by atoms with Crippen LogP contribution in [0.5, 0.6) is 0 Å². The van der Waals surface area contributed by atoms with E-state index in [1.807, 2.05) is 24.3 Å². The molecule has 0 bridgehead atoms. The van der Waals surface area contributed by atoms with E-state index in [0.717, 1.165) is 33.1 Å². The summed E-state index contributed by atoms with van der Waals surface area (Å²) in [4.78, 5) is 4.59. The van der Waals surface area contributed by atoms with Crippen LogP contribution in [-0.4, -0.2) is 19.8 Å². The van der Waals surface area contributed by atoms with E-state index in [9.17, 15) is 5.11 Å². The Balaban J connectivity index is 2.60. The molecule has 1 aliphatic carbocycles. The largest absolute Gasteiger partial charge is 0.512 e. The van der Waals surface area contributed by atoms with Gasteiger partial charge in [-0.1, -0.05) is 24.3 Å². The molecule has 84 valence electrons. The van der Waals surface area contributed by atoms with E-state index < -0.39 is 0 Å². The minimum atomic E-state index is 0.168. The summed E-state index contributed by atoms with van der Waals surface area (Å²) < 4.78 is 0. The molecule has 0 aliphatic heterocycles. The van der Waals surface area contributed by atoms with Crippen molar-refractivity contribution >= 4 is 37.6 Å². The highest BCUT2D eigenvalue weighted by Gasteiger charge is 2.11. The molecule has 0 atom stereocenters. The van der Waals surface area contributed by atoms with Crippen LogP contribution in [0.2, 0.25) is 0 Å². The van der Waals surface area contributed by atoms with Gasteiger partial charge in [0.2, 0.25) is 0 Å². The van der Waals surface area contributed by atoms with Crippen molar-refractivity contribution in [1.29, 1.82) is 0 Å². The highest BCUT2D eigenvalue weighted by Crippen LogP contribution is 2.07. The number of aromatic nitrogens is 1. The summed E-state index contributed by atoms with van der Waals surface area (Å²) in [7, 11) is 0.168. The van der Waals surface area contributed by atoms with Gasteiger partial charge in [0, 0.05) is 17.0 Å². The van der Waals surface area contributed by atoms with Crippen molar-refractivity contribution in [3.8, 4) is 0 Å². The number of rotatable bonds is 1. The summed E-state index contributed by atoms with van der Waals surface area (Å²) in [6.07, 6.45) is 3.60. The fourth-order valence-electron chi connectivity index (χ4n) is 2.29. The molecule has 4 heteroatoms. The van der Waals surface area contributed by atoms with Crippen molar-refractivity contribution in [3.63, 3.8) is 0 Å². The van der Waals surface area contributed by atoms with Crippen LogP contribution in [0.4, 0.5) is 0 Å². The van der Waals surface area contributed by atoms with Gasteiger partial charge in [0.1, 0.15) is 5.76 Å². The zero-order valence-corrected chi connectivity index (χ0v) is 10.3. The average Bonchev–Trinajstić information content (AvgIpc) is 2.36. The molecule has 0 amide bonds. The highest BCUT2D eigenvalue weighted by atomic mass is 28.2. The predicted octanol–water partition coefficient (Wildman–Crippen LogP) is -0.321. The summed E-state index contributed by atoms with van der Waals surface area (Å²) >= 11 is 0. The summed E-state index contributed by atoms with van der Waals surface area (Å²) in [5.41, 5.74) is 0.949. The monoisotopic (exact) mass is 240 g/mol. The van der Waals surface area contributed by atoms with Gasteiger partial charge in [0.05, 0.1) is 10.9 Å². The Hall–Kier alpha value is -1.65. The smallest absolute Gasteiger partial charge is 0.178 e. The van der Waals surface area contributed by atoms with Crippen molar-refractivity contribution in [2.24, 2.45) is 5.40 Å². The Labute approximate surface area is 101 Å². The quantitative estimate of drug-likeness (QED) is 0.672. The zero-order chi connectivity index (χ0) is 11.8. The number of nitrogens with zero attached hydrogens (tertiary/aromatic N) is 1. The molecule has 3 rings (SSSR count). The minimum absolute atomic E-state index is 0.168. The third-order valence-corrected chi connectivity index (χ3v) is 3.88. The second kappa shape index (κ2) is 3.98. The van der Waals surface area contributed by atoms with E-state index in [4.69, 9.17) is 5.40 Å². The fourth-order valence-corrected chi connectivity index (χ4v) is 3.07. The van der Waals surface area contributed by atoms with Gasteiger partial charge in [0.25, 0.3) is 0 Å². The molecule has 2 aromatic rings. The van der Waals surface area contributed by atoms with Crippen molar-refractivity contribution in [3.05, 3.63) is 34.8 Å². The van der Waals surface area contributed by atoms with E-state index in [0.29, 0.717) is 12.2 Å². The molecule has 3 N–H and O–H groups in total. The lowest BCUT2D eigenvalue weighted by Gasteiger charge is -2.10. The molecule has 0 saturated carbocycles. The van der Waals surface area contributed by atoms with Crippen LogP contribution in [0, 0.1) is 0 Å². The summed E-state index contributed by atoms with van der Waals surface area (Å²) in [5.74, 6) is 0.425. The third-order valence-electron chi connectivity index (χ3n) is 3.07. The number of benzene rings is 1. The molecular formula is C13H12N2OSi. The first kappa shape index (κ1) is 10.5. The van der Waals surface area contributed by atoms with Crippen LogP contribution in [0.15, 0.2) is 24.3 Å². The van der Waals surface area contributed by atoms with E-state index in [2.05, 4.69) is 11.1 Å². The number of aliphatic hydroxyl groups is 1. The number of fused-ring (bicyclic) bond motifs is 2. The number of para-hydroxylation sites is 1. The molecule has 0 saturated heterocycles. The summed E-state index contributed by atoms with van der Waals surface area (Å²) in [6.45, 7) is 0. The Morgan fingerprint density at radius 1 is 1.29 bits per heavy atom. The van der Waals surface area contributed by atoms with Crippen molar-refractivity contribution in [1.82, 2.24) is 4.98 Å². The van der Waals surface area contributed by atoms with Gasteiger partial charge >= 0.3 is 0 Å². The molecule has 17 heavy (non-hydrogen) atoms. The standard InChI is InChI=1S/C13H12N2OSi/c14-17-13-8-4-1-2-5-9(8)15-10-6-3-7-11(16)12(10)13/h1-2,4-6,16H,3,7,14H2. The lowest BCUT2D eigenvalue weighted by atomic mass is 10.1. The van der Waals surface area contributed by atoms with Crippen LogP contribution in [0.3, 0.4) is 0 Å². The lowest BCUT2D eigenvalue weighted by molar-refractivity contribution is 0.478. The van der Waals surface area contributed by atoms with E-state index >= 15 is 0 Å². The van der Waals surface area contributed by atoms with Crippen LogP contribution in [0.25, 0.3) is 22.7 Å². The zero-order valence-electron chi connectivity index (χ0n) is 9.27. The number of nitrogens with two attached hydrogens (primary N) is 1. The van der Waals surface area contributed by atoms with Crippen LogP contribution >= 0.6 is 0 Å². The Morgan fingerprint density at radius 3 is 2.94 bits per heavy atom. The molecule has 2 radical (unpaired) electrons. The second-order valence-corrected chi connectivity index (χ2v) is 4.89. The Kier molecular flexibility index (Phi) is 2.46. The number of hydrogen-bond acceptors (Lipinski definition) is 3.